The summed E-state index contributed by atoms with van der Waals surface area (Å²) in [6, 6.07) is 1.89. The number of morpholine rings is 1. The van der Waals surface area contributed by atoms with Crippen molar-refractivity contribution in [3.8, 4) is 0 Å². The highest BCUT2D eigenvalue weighted by Gasteiger charge is 2.36. The van der Waals surface area contributed by atoms with Gasteiger partial charge in [0.05, 0.1) is 23.3 Å². The lowest BCUT2D eigenvalue weighted by Crippen LogP contribution is -2.55. The van der Waals surface area contributed by atoms with Gasteiger partial charge in [-0.2, -0.15) is 5.10 Å². The summed E-state index contributed by atoms with van der Waals surface area (Å²) in [6.45, 7) is 9.79. The minimum Gasteiger partial charge on any atom is -0.367 e. The third kappa shape index (κ3) is 3.58. The molecule has 1 amide bonds. The number of ether oxygens (including phenoxy) is 1. The highest BCUT2D eigenvalue weighted by Crippen LogP contribution is 2.23. The molecule has 0 spiro atoms. The molecular formula is C15H24ClN3O2. The molecule has 1 fully saturated rings. The van der Waals surface area contributed by atoms with Crippen LogP contribution in [0.4, 0.5) is 0 Å². The number of hydrogen-bond donors (Lipinski definition) is 0. The maximum Gasteiger partial charge on any atom is 0.272 e. The van der Waals surface area contributed by atoms with Crippen LogP contribution >= 0.6 is 11.6 Å². The monoisotopic (exact) mass is 313 g/mol. The number of amides is 1. The van der Waals surface area contributed by atoms with Gasteiger partial charge in [-0.3, -0.25) is 9.48 Å². The number of alkyl halides is 1. The lowest BCUT2D eigenvalue weighted by molar-refractivity contribution is -0.117. The second-order valence-electron chi connectivity index (χ2n) is 6.03. The average molecular weight is 314 g/mol. The molecule has 1 unspecified atom stereocenters. The van der Waals surface area contributed by atoms with Crippen LogP contribution in [0.1, 0.15) is 43.9 Å². The zero-order valence-electron chi connectivity index (χ0n) is 13.2. The van der Waals surface area contributed by atoms with E-state index in [-0.39, 0.29) is 17.6 Å². The number of halogens is 1. The number of aromatic nitrogens is 2. The molecule has 0 aromatic carbocycles. The van der Waals surface area contributed by atoms with E-state index < -0.39 is 0 Å². The molecule has 0 N–H and O–H groups in total. The van der Waals surface area contributed by atoms with E-state index in [4.69, 9.17) is 16.3 Å². The first-order valence-corrected chi connectivity index (χ1v) is 8.03. The molecule has 6 heteroatoms. The van der Waals surface area contributed by atoms with Gasteiger partial charge in [0.2, 0.25) is 0 Å². The molecule has 1 saturated heterocycles. The van der Waals surface area contributed by atoms with Gasteiger partial charge < -0.3 is 9.64 Å². The Morgan fingerprint density at radius 3 is 2.81 bits per heavy atom. The van der Waals surface area contributed by atoms with Gasteiger partial charge >= 0.3 is 0 Å². The summed E-state index contributed by atoms with van der Waals surface area (Å²) in [4.78, 5) is 14.7. The first kappa shape index (κ1) is 16.3. The molecule has 2 heterocycles. The van der Waals surface area contributed by atoms with E-state index in [0.717, 1.165) is 12.1 Å². The van der Waals surface area contributed by atoms with Gasteiger partial charge in [-0.1, -0.05) is 6.92 Å². The normalized spacial score (nSPS) is 21.6. The Morgan fingerprint density at radius 1 is 1.52 bits per heavy atom. The Morgan fingerprint density at radius 2 is 2.24 bits per heavy atom. The van der Waals surface area contributed by atoms with Crippen molar-refractivity contribution in [1.82, 2.24) is 14.7 Å². The molecule has 1 aliphatic heterocycles. The summed E-state index contributed by atoms with van der Waals surface area (Å²) in [5, 5.41) is 4.45. The van der Waals surface area contributed by atoms with Gasteiger partial charge in [0, 0.05) is 19.6 Å². The Bertz CT molecular complexity index is 513. The van der Waals surface area contributed by atoms with Crippen molar-refractivity contribution in [2.75, 3.05) is 19.0 Å². The number of carbonyl (C=O) groups is 1. The van der Waals surface area contributed by atoms with Crippen LogP contribution in [0.2, 0.25) is 0 Å². The predicted octanol–water partition coefficient (Wildman–Crippen LogP) is 2.32. The molecule has 1 aromatic heterocycles. The van der Waals surface area contributed by atoms with E-state index >= 15 is 0 Å². The molecule has 0 radical (unpaired) electrons. The number of hydrogen-bond acceptors (Lipinski definition) is 3. The van der Waals surface area contributed by atoms with Crippen molar-refractivity contribution in [2.45, 2.75) is 52.4 Å². The highest BCUT2D eigenvalue weighted by atomic mass is 35.5. The smallest absolute Gasteiger partial charge is 0.272 e. The Balaban J connectivity index is 2.24. The molecule has 5 nitrogen and oxygen atoms in total. The van der Waals surface area contributed by atoms with Crippen LogP contribution in [-0.4, -0.2) is 51.3 Å². The summed E-state index contributed by atoms with van der Waals surface area (Å²) in [7, 11) is 0. The Labute approximate surface area is 131 Å². The summed E-state index contributed by atoms with van der Waals surface area (Å²) < 4.78 is 7.65. The molecule has 1 aromatic rings. The molecule has 1 aliphatic rings. The van der Waals surface area contributed by atoms with Crippen molar-refractivity contribution in [3.63, 3.8) is 0 Å². The Hall–Kier alpha value is -1.07. The van der Waals surface area contributed by atoms with Crippen LogP contribution in [0.25, 0.3) is 0 Å². The van der Waals surface area contributed by atoms with Gasteiger partial charge in [-0.15, -0.1) is 11.6 Å². The third-order valence-electron chi connectivity index (χ3n) is 3.65. The molecule has 0 aliphatic carbocycles. The lowest BCUT2D eigenvalue weighted by Gasteiger charge is -2.42. The van der Waals surface area contributed by atoms with Crippen molar-refractivity contribution in [2.24, 2.45) is 0 Å². The van der Waals surface area contributed by atoms with Crippen LogP contribution in [0.3, 0.4) is 0 Å². The summed E-state index contributed by atoms with van der Waals surface area (Å²) in [5.41, 5.74) is 1.22. The maximum atomic E-state index is 12.8. The lowest BCUT2D eigenvalue weighted by atomic mass is 10.1. The maximum absolute atomic E-state index is 12.8. The zero-order chi connectivity index (χ0) is 15.6. The number of carbonyl (C=O) groups excluding carboxylic acids is 1. The van der Waals surface area contributed by atoms with E-state index in [1.54, 1.807) is 4.68 Å². The standard InChI is InChI=1S/C15H24ClN3O2/c1-5-11-7-13(19(6-2)17-11)14(20)18-9-12(8-16)21-15(3,4)10-18/h7,12H,5-6,8-10H2,1-4H3. The van der Waals surface area contributed by atoms with Crippen LogP contribution in [0.15, 0.2) is 6.07 Å². The van der Waals surface area contributed by atoms with E-state index in [0.29, 0.717) is 31.2 Å². The minimum atomic E-state index is -0.377. The second-order valence-corrected chi connectivity index (χ2v) is 6.34. The fraction of sp³-hybridized carbons (Fsp3) is 0.733. The van der Waals surface area contributed by atoms with Gasteiger partial charge in [0.15, 0.2) is 0 Å². The van der Waals surface area contributed by atoms with Gasteiger partial charge in [-0.05, 0) is 33.3 Å². The highest BCUT2D eigenvalue weighted by molar-refractivity contribution is 6.18. The molecular weight excluding hydrogens is 290 g/mol. The average Bonchev–Trinajstić information content (AvgIpc) is 2.87. The summed E-state index contributed by atoms with van der Waals surface area (Å²) in [6.07, 6.45) is 0.703. The van der Waals surface area contributed by atoms with Crippen molar-refractivity contribution in [1.29, 1.82) is 0 Å². The van der Waals surface area contributed by atoms with E-state index in [1.165, 1.54) is 0 Å². The van der Waals surface area contributed by atoms with Crippen molar-refractivity contribution < 1.29 is 9.53 Å². The van der Waals surface area contributed by atoms with Gasteiger partial charge in [-0.25, -0.2) is 0 Å². The number of nitrogens with zero attached hydrogens (tertiary/aromatic N) is 3. The van der Waals surface area contributed by atoms with Crippen molar-refractivity contribution >= 4 is 17.5 Å². The topological polar surface area (TPSA) is 47.4 Å². The van der Waals surface area contributed by atoms with Crippen LogP contribution in [0.5, 0.6) is 0 Å². The van der Waals surface area contributed by atoms with E-state index in [9.17, 15) is 4.79 Å². The third-order valence-corrected chi connectivity index (χ3v) is 4.00. The molecule has 21 heavy (non-hydrogen) atoms. The van der Waals surface area contributed by atoms with Gasteiger partial charge in [0.1, 0.15) is 5.69 Å². The second kappa shape index (κ2) is 6.36. The predicted molar refractivity (Wildman–Crippen MR) is 82.9 cm³/mol. The fourth-order valence-electron chi connectivity index (χ4n) is 2.75. The number of rotatable bonds is 4. The zero-order valence-corrected chi connectivity index (χ0v) is 14.0. The van der Waals surface area contributed by atoms with Gasteiger partial charge in [0.25, 0.3) is 5.91 Å². The molecule has 1 atom stereocenters. The van der Waals surface area contributed by atoms with Crippen LogP contribution in [-0.2, 0) is 17.7 Å². The SMILES string of the molecule is CCc1cc(C(=O)N2CC(CCl)OC(C)(C)C2)n(CC)n1. The minimum absolute atomic E-state index is 0.00976. The molecule has 118 valence electrons. The van der Waals surface area contributed by atoms with Crippen LogP contribution in [0, 0.1) is 0 Å². The van der Waals surface area contributed by atoms with E-state index in [2.05, 4.69) is 5.10 Å². The first-order valence-electron chi connectivity index (χ1n) is 7.50. The van der Waals surface area contributed by atoms with E-state index in [1.807, 2.05) is 38.7 Å². The van der Waals surface area contributed by atoms with Crippen LogP contribution < -0.4 is 0 Å². The van der Waals surface area contributed by atoms with Crippen molar-refractivity contribution in [3.05, 3.63) is 17.5 Å². The largest absolute Gasteiger partial charge is 0.367 e. The first-order chi connectivity index (χ1) is 9.90. The molecule has 0 bridgehead atoms. The summed E-state index contributed by atoms with van der Waals surface area (Å²) in [5.74, 6) is 0.399. The quantitative estimate of drug-likeness (QED) is 0.802. The Kier molecular flexibility index (Phi) is 4.94. The molecule has 2 rings (SSSR count). The molecule has 0 saturated carbocycles. The number of aryl methyl sites for hydroxylation is 2. The summed E-state index contributed by atoms with van der Waals surface area (Å²) >= 11 is 5.93. The fourth-order valence-corrected chi connectivity index (χ4v) is 2.91.